The van der Waals surface area contributed by atoms with E-state index in [1.54, 1.807) is 0 Å². The van der Waals surface area contributed by atoms with E-state index in [0.29, 0.717) is 5.92 Å². The van der Waals surface area contributed by atoms with Crippen molar-refractivity contribution in [2.45, 2.75) is 57.4 Å². The van der Waals surface area contributed by atoms with Gasteiger partial charge >= 0.3 is 0 Å². The molecule has 0 spiro atoms. The lowest BCUT2D eigenvalue weighted by Crippen LogP contribution is -2.52. The molecule has 6 heteroatoms. The molecule has 4 atom stereocenters. The fourth-order valence-corrected chi connectivity index (χ4v) is 4.60. The van der Waals surface area contributed by atoms with Crippen molar-refractivity contribution in [3.63, 3.8) is 0 Å². The summed E-state index contributed by atoms with van der Waals surface area (Å²) in [6, 6.07) is 0.126. The van der Waals surface area contributed by atoms with E-state index in [1.807, 2.05) is 0 Å². The third-order valence-electron chi connectivity index (χ3n) is 5.90. The zero-order valence-corrected chi connectivity index (χ0v) is 13.9. The molecular weight excluding hydrogens is 302 g/mol. The van der Waals surface area contributed by atoms with Crippen LogP contribution in [0.15, 0.2) is 0 Å². The molecule has 5 nitrogen and oxygen atoms in total. The fourth-order valence-electron chi connectivity index (χ4n) is 4.60. The number of halogens is 1. The minimum absolute atomic E-state index is 0. The number of hydrogen-bond acceptors (Lipinski definition) is 3. The molecule has 0 aromatic heterocycles. The van der Waals surface area contributed by atoms with Crippen LogP contribution >= 0.6 is 12.4 Å². The molecule has 0 aromatic carbocycles. The van der Waals surface area contributed by atoms with Crippen LogP contribution in [0.5, 0.6) is 0 Å². The molecular formula is C16H28ClN3O2. The van der Waals surface area contributed by atoms with E-state index in [-0.39, 0.29) is 41.6 Å². The minimum atomic E-state index is -0.217. The van der Waals surface area contributed by atoms with E-state index in [2.05, 4.69) is 10.6 Å². The first-order valence-corrected chi connectivity index (χ1v) is 8.43. The topological polar surface area (TPSA) is 84.2 Å². The first-order valence-electron chi connectivity index (χ1n) is 8.43. The van der Waals surface area contributed by atoms with Crippen LogP contribution in [0.1, 0.15) is 51.4 Å². The highest BCUT2D eigenvalue weighted by Gasteiger charge is 2.50. The second kappa shape index (κ2) is 7.18. The van der Waals surface area contributed by atoms with Gasteiger partial charge in [-0.2, -0.15) is 0 Å². The van der Waals surface area contributed by atoms with Crippen molar-refractivity contribution in [1.29, 1.82) is 0 Å². The van der Waals surface area contributed by atoms with E-state index in [0.717, 1.165) is 58.0 Å². The quantitative estimate of drug-likeness (QED) is 0.730. The molecule has 1 heterocycles. The Morgan fingerprint density at radius 3 is 2.73 bits per heavy atom. The van der Waals surface area contributed by atoms with E-state index >= 15 is 0 Å². The summed E-state index contributed by atoms with van der Waals surface area (Å²) in [5.41, 5.74) is 5.23. The molecule has 2 aliphatic carbocycles. The molecule has 3 aliphatic rings. The summed E-state index contributed by atoms with van der Waals surface area (Å²) in [7, 11) is 0. The monoisotopic (exact) mass is 329 g/mol. The van der Waals surface area contributed by atoms with Crippen molar-refractivity contribution >= 4 is 24.2 Å². The number of amides is 2. The molecule has 4 N–H and O–H groups in total. The van der Waals surface area contributed by atoms with Gasteiger partial charge in [-0.1, -0.05) is 19.3 Å². The zero-order valence-electron chi connectivity index (χ0n) is 13.1. The maximum absolute atomic E-state index is 12.9. The van der Waals surface area contributed by atoms with Crippen molar-refractivity contribution in [3.05, 3.63) is 0 Å². The molecule has 3 fully saturated rings. The Kier molecular flexibility index (Phi) is 5.72. The number of hydrogen-bond donors (Lipinski definition) is 3. The Morgan fingerprint density at radius 1 is 1.14 bits per heavy atom. The Labute approximate surface area is 138 Å². The van der Waals surface area contributed by atoms with Gasteiger partial charge in [-0.15, -0.1) is 12.4 Å². The van der Waals surface area contributed by atoms with E-state index in [1.165, 1.54) is 6.42 Å². The van der Waals surface area contributed by atoms with Crippen molar-refractivity contribution in [3.8, 4) is 0 Å². The highest BCUT2D eigenvalue weighted by atomic mass is 35.5. The molecule has 2 saturated carbocycles. The predicted octanol–water partition coefficient (Wildman–Crippen LogP) is 1.35. The van der Waals surface area contributed by atoms with E-state index in [9.17, 15) is 9.59 Å². The van der Waals surface area contributed by atoms with Gasteiger partial charge in [-0.05, 0) is 44.6 Å². The van der Waals surface area contributed by atoms with Gasteiger partial charge in [0.25, 0.3) is 0 Å². The fraction of sp³-hybridized carbons (Fsp3) is 0.875. The van der Waals surface area contributed by atoms with Crippen LogP contribution < -0.4 is 16.4 Å². The van der Waals surface area contributed by atoms with E-state index in [4.69, 9.17) is 5.73 Å². The lowest BCUT2D eigenvalue weighted by Gasteiger charge is -2.39. The summed E-state index contributed by atoms with van der Waals surface area (Å²) >= 11 is 0. The second-order valence-electron chi connectivity index (χ2n) is 7.17. The molecule has 1 aliphatic heterocycles. The molecule has 22 heavy (non-hydrogen) atoms. The molecule has 0 aromatic rings. The smallest absolute Gasteiger partial charge is 0.228 e. The first-order chi connectivity index (χ1) is 10.1. The Morgan fingerprint density at radius 2 is 1.95 bits per heavy atom. The first kappa shape index (κ1) is 17.5. The molecule has 2 amide bonds. The highest BCUT2D eigenvalue weighted by Crippen LogP contribution is 2.44. The molecule has 1 saturated heterocycles. The van der Waals surface area contributed by atoms with Crippen molar-refractivity contribution in [1.82, 2.24) is 10.6 Å². The van der Waals surface area contributed by atoms with Gasteiger partial charge in [0.1, 0.15) is 0 Å². The SMILES string of the molecule is Cl.NC(=O)C1CCCC(NC(=O)[C@@]23CCCC[C@H]2CNC3)C1. The second-order valence-corrected chi connectivity index (χ2v) is 7.17. The van der Waals surface area contributed by atoms with Gasteiger partial charge in [0.15, 0.2) is 0 Å². The number of nitrogens with two attached hydrogens (primary N) is 1. The van der Waals surface area contributed by atoms with Crippen LogP contribution in [-0.4, -0.2) is 30.9 Å². The van der Waals surface area contributed by atoms with Crippen LogP contribution in [0.4, 0.5) is 0 Å². The third-order valence-corrected chi connectivity index (χ3v) is 5.90. The van der Waals surface area contributed by atoms with Crippen LogP contribution in [0.2, 0.25) is 0 Å². The Hall–Kier alpha value is -0.810. The van der Waals surface area contributed by atoms with E-state index < -0.39 is 0 Å². The van der Waals surface area contributed by atoms with Crippen molar-refractivity contribution in [2.24, 2.45) is 23.0 Å². The average molecular weight is 330 g/mol. The van der Waals surface area contributed by atoms with Gasteiger partial charge < -0.3 is 16.4 Å². The Bertz CT molecular complexity index is 432. The molecule has 2 unspecified atom stereocenters. The normalized spacial score (nSPS) is 37.7. The third kappa shape index (κ3) is 3.25. The summed E-state index contributed by atoms with van der Waals surface area (Å²) < 4.78 is 0. The lowest BCUT2D eigenvalue weighted by atomic mass is 9.67. The number of rotatable bonds is 3. The minimum Gasteiger partial charge on any atom is -0.369 e. The van der Waals surface area contributed by atoms with Gasteiger partial charge in [0, 0.05) is 18.5 Å². The standard InChI is InChI=1S/C16H27N3O2.ClH/c17-14(20)11-4-3-6-13(8-11)19-15(21)16-7-2-1-5-12(16)9-18-10-16;/h11-13,18H,1-10H2,(H2,17,20)(H,19,21);1H/t11?,12-,13?,16+;/m0./s1. The molecule has 3 rings (SSSR count). The zero-order chi connectivity index (χ0) is 14.9. The summed E-state index contributed by atoms with van der Waals surface area (Å²) in [5, 5.41) is 6.66. The van der Waals surface area contributed by atoms with Gasteiger partial charge in [-0.3, -0.25) is 9.59 Å². The van der Waals surface area contributed by atoms with Crippen LogP contribution in [0, 0.1) is 17.3 Å². The van der Waals surface area contributed by atoms with Gasteiger partial charge in [0.2, 0.25) is 11.8 Å². The van der Waals surface area contributed by atoms with Crippen LogP contribution in [-0.2, 0) is 9.59 Å². The molecule has 0 radical (unpaired) electrons. The summed E-state index contributed by atoms with van der Waals surface area (Å²) in [5.74, 6) is 0.421. The maximum Gasteiger partial charge on any atom is 0.228 e. The molecule has 126 valence electrons. The number of nitrogens with one attached hydrogen (secondary N) is 2. The average Bonchev–Trinajstić information content (AvgIpc) is 2.92. The van der Waals surface area contributed by atoms with Gasteiger partial charge in [0.05, 0.1) is 5.41 Å². The number of carbonyl (C=O) groups excluding carboxylic acids is 2. The van der Waals surface area contributed by atoms with Crippen LogP contribution in [0.3, 0.4) is 0 Å². The largest absolute Gasteiger partial charge is 0.369 e. The Balaban J connectivity index is 0.00000176. The van der Waals surface area contributed by atoms with Crippen molar-refractivity contribution < 1.29 is 9.59 Å². The number of fused-ring (bicyclic) bond motifs is 1. The van der Waals surface area contributed by atoms with Crippen molar-refractivity contribution in [2.75, 3.05) is 13.1 Å². The van der Waals surface area contributed by atoms with Gasteiger partial charge in [-0.25, -0.2) is 0 Å². The summed E-state index contributed by atoms with van der Waals surface area (Å²) in [4.78, 5) is 24.2. The number of primary amides is 1. The number of carbonyl (C=O) groups is 2. The maximum atomic E-state index is 12.9. The molecule has 0 bridgehead atoms. The van der Waals surface area contributed by atoms with Crippen LogP contribution in [0.25, 0.3) is 0 Å². The summed E-state index contributed by atoms with van der Waals surface area (Å²) in [6.45, 7) is 1.79. The highest BCUT2D eigenvalue weighted by molar-refractivity contribution is 5.85. The lowest BCUT2D eigenvalue weighted by molar-refractivity contribution is -0.135. The summed E-state index contributed by atoms with van der Waals surface area (Å²) in [6.07, 6.45) is 8.11. The predicted molar refractivity (Wildman–Crippen MR) is 87.6 cm³/mol.